The van der Waals surface area contributed by atoms with Gasteiger partial charge in [-0.3, -0.25) is 0 Å². The van der Waals surface area contributed by atoms with Crippen LogP contribution in [0.3, 0.4) is 0 Å². The van der Waals surface area contributed by atoms with Crippen molar-refractivity contribution in [2.75, 3.05) is 7.11 Å². The van der Waals surface area contributed by atoms with E-state index in [1.807, 2.05) is 32.2 Å². The smallest absolute Gasteiger partial charge is 0.128 e. The molecule has 0 radical (unpaired) electrons. The van der Waals surface area contributed by atoms with Crippen LogP contribution >= 0.6 is 0 Å². The second-order valence-electron chi connectivity index (χ2n) is 4.96. The summed E-state index contributed by atoms with van der Waals surface area (Å²) in [6.45, 7) is 4.47. The number of rotatable bonds is 4. The van der Waals surface area contributed by atoms with Crippen LogP contribution in [0.5, 0.6) is 5.75 Å². The first-order valence-electron chi connectivity index (χ1n) is 5.85. The van der Waals surface area contributed by atoms with Gasteiger partial charge in [-0.2, -0.15) is 0 Å². The summed E-state index contributed by atoms with van der Waals surface area (Å²) in [6, 6.07) is 8.07. The fourth-order valence-corrected chi connectivity index (χ4v) is 1.96. The molecule has 0 amide bonds. The molecule has 17 heavy (non-hydrogen) atoms. The van der Waals surface area contributed by atoms with Crippen LogP contribution in [-0.2, 0) is 6.54 Å². The van der Waals surface area contributed by atoms with Crippen molar-refractivity contribution < 1.29 is 9.84 Å². The highest BCUT2D eigenvalue weighted by Crippen LogP contribution is 2.26. The van der Waals surface area contributed by atoms with Crippen molar-refractivity contribution in [1.29, 1.82) is 0 Å². The van der Waals surface area contributed by atoms with E-state index in [1.165, 1.54) is 0 Å². The molecule has 3 heteroatoms. The normalized spacial score (nSPS) is 12.0. The zero-order chi connectivity index (χ0) is 12.5. The Hall–Kier alpha value is -1.48. The van der Waals surface area contributed by atoms with Crippen LogP contribution in [0.1, 0.15) is 20.3 Å². The number of methoxy groups -OCH3 is 1. The predicted molar refractivity (Wildman–Crippen MR) is 69.4 cm³/mol. The van der Waals surface area contributed by atoms with Crippen LogP contribution in [0.2, 0.25) is 0 Å². The summed E-state index contributed by atoms with van der Waals surface area (Å²) in [7, 11) is 1.68. The van der Waals surface area contributed by atoms with Crippen molar-refractivity contribution in [3.05, 3.63) is 30.5 Å². The quantitative estimate of drug-likeness (QED) is 0.881. The first-order chi connectivity index (χ1) is 8.01. The van der Waals surface area contributed by atoms with Crippen molar-refractivity contribution >= 4 is 10.9 Å². The Morgan fingerprint density at radius 3 is 2.71 bits per heavy atom. The Balaban J connectivity index is 2.30. The maximum absolute atomic E-state index is 9.75. The van der Waals surface area contributed by atoms with Crippen LogP contribution in [0, 0.1) is 0 Å². The minimum Gasteiger partial charge on any atom is -0.496 e. The largest absolute Gasteiger partial charge is 0.496 e. The zero-order valence-corrected chi connectivity index (χ0v) is 10.6. The van der Waals surface area contributed by atoms with Gasteiger partial charge < -0.3 is 14.4 Å². The molecule has 1 N–H and O–H groups in total. The van der Waals surface area contributed by atoms with Crippen molar-refractivity contribution in [2.24, 2.45) is 0 Å². The minimum absolute atomic E-state index is 0.630. The summed E-state index contributed by atoms with van der Waals surface area (Å²) in [5.74, 6) is 0.893. The van der Waals surface area contributed by atoms with Gasteiger partial charge in [0, 0.05) is 18.1 Å². The van der Waals surface area contributed by atoms with Crippen molar-refractivity contribution in [3.63, 3.8) is 0 Å². The maximum atomic E-state index is 9.75. The van der Waals surface area contributed by atoms with E-state index in [-0.39, 0.29) is 0 Å². The summed E-state index contributed by atoms with van der Waals surface area (Å²) >= 11 is 0. The molecule has 92 valence electrons. The number of aromatic nitrogens is 1. The molecule has 0 saturated carbocycles. The summed E-state index contributed by atoms with van der Waals surface area (Å²) in [4.78, 5) is 0. The number of fused-ring (bicyclic) bond motifs is 1. The average molecular weight is 233 g/mol. The van der Waals surface area contributed by atoms with Crippen LogP contribution < -0.4 is 4.74 Å². The molecule has 1 aromatic heterocycles. The predicted octanol–water partition coefficient (Wildman–Crippen LogP) is 2.81. The van der Waals surface area contributed by atoms with Crippen LogP contribution in [0.25, 0.3) is 10.9 Å². The van der Waals surface area contributed by atoms with Crippen LogP contribution in [-0.4, -0.2) is 22.4 Å². The summed E-state index contributed by atoms with van der Waals surface area (Å²) in [5, 5.41) is 10.9. The van der Waals surface area contributed by atoms with Gasteiger partial charge in [-0.15, -0.1) is 0 Å². The van der Waals surface area contributed by atoms with Gasteiger partial charge in [0.2, 0.25) is 0 Å². The second-order valence-corrected chi connectivity index (χ2v) is 4.96. The number of nitrogens with zero attached hydrogens (tertiary/aromatic N) is 1. The molecule has 0 fully saturated rings. The van der Waals surface area contributed by atoms with E-state index < -0.39 is 5.60 Å². The second kappa shape index (κ2) is 4.41. The lowest BCUT2D eigenvalue weighted by molar-refractivity contribution is 0.0666. The highest BCUT2D eigenvalue weighted by Gasteiger charge is 2.13. The molecule has 1 aromatic carbocycles. The summed E-state index contributed by atoms with van der Waals surface area (Å²) in [5.41, 5.74) is 0.517. The van der Waals surface area contributed by atoms with Gasteiger partial charge in [0.25, 0.3) is 0 Å². The van der Waals surface area contributed by atoms with Gasteiger partial charge in [0.05, 0.1) is 18.2 Å². The summed E-state index contributed by atoms with van der Waals surface area (Å²) in [6.07, 6.45) is 2.77. The highest BCUT2D eigenvalue weighted by molar-refractivity contribution is 5.86. The Bertz CT molecular complexity index is 508. The fourth-order valence-electron chi connectivity index (χ4n) is 1.96. The van der Waals surface area contributed by atoms with E-state index in [0.717, 1.165) is 29.6 Å². The van der Waals surface area contributed by atoms with Crippen molar-refractivity contribution in [1.82, 2.24) is 4.57 Å². The molecule has 3 nitrogen and oxygen atoms in total. The number of aryl methyl sites for hydroxylation is 1. The van der Waals surface area contributed by atoms with E-state index >= 15 is 0 Å². The van der Waals surface area contributed by atoms with Gasteiger partial charge in [-0.25, -0.2) is 0 Å². The molecule has 1 heterocycles. The number of hydrogen-bond acceptors (Lipinski definition) is 2. The molecule has 0 bridgehead atoms. The number of ether oxygens (including phenoxy) is 1. The van der Waals surface area contributed by atoms with Crippen molar-refractivity contribution in [3.8, 4) is 5.75 Å². The molecule has 0 aliphatic carbocycles. The van der Waals surface area contributed by atoms with E-state index in [1.54, 1.807) is 7.11 Å². The lowest BCUT2D eigenvalue weighted by Crippen LogP contribution is -2.20. The first-order valence-corrected chi connectivity index (χ1v) is 5.85. The Morgan fingerprint density at radius 1 is 1.29 bits per heavy atom. The van der Waals surface area contributed by atoms with Gasteiger partial charge in [0.1, 0.15) is 5.75 Å². The SMILES string of the molecule is COc1cccc2c1ccn2CCC(C)(C)O. The summed E-state index contributed by atoms with van der Waals surface area (Å²) < 4.78 is 7.47. The third-order valence-electron chi connectivity index (χ3n) is 2.96. The third-order valence-corrected chi connectivity index (χ3v) is 2.96. The molecule has 2 aromatic rings. The fraction of sp³-hybridized carbons (Fsp3) is 0.429. The Kier molecular flexibility index (Phi) is 3.11. The molecule has 0 spiro atoms. The molecule has 0 saturated heterocycles. The van der Waals surface area contributed by atoms with E-state index in [9.17, 15) is 5.11 Å². The lowest BCUT2D eigenvalue weighted by atomic mass is 10.1. The topological polar surface area (TPSA) is 34.4 Å². The zero-order valence-electron chi connectivity index (χ0n) is 10.6. The molecule has 0 atom stereocenters. The molecule has 0 aliphatic rings. The lowest BCUT2D eigenvalue weighted by Gasteiger charge is -2.17. The van der Waals surface area contributed by atoms with Gasteiger partial charge in [-0.05, 0) is 38.5 Å². The number of hydrogen-bond donors (Lipinski definition) is 1. The minimum atomic E-state index is -0.630. The van der Waals surface area contributed by atoms with E-state index in [2.05, 4.69) is 16.7 Å². The van der Waals surface area contributed by atoms with Crippen molar-refractivity contribution in [2.45, 2.75) is 32.4 Å². The van der Waals surface area contributed by atoms with E-state index in [4.69, 9.17) is 4.74 Å². The monoisotopic (exact) mass is 233 g/mol. The molecule has 2 rings (SSSR count). The highest BCUT2D eigenvalue weighted by atomic mass is 16.5. The van der Waals surface area contributed by atoms with E-state index in [0.29, 0.717) is 0 Å². The average Bonchev–Trinajstić information content (AvgIpc) is 2.68. The van der Waals surface area contributed by atoms with Gasteiger partial charge >= 0.3 is 0 Å². The van der Waals surface area contributed by atoms with Crippen LogP contribution in [0.4, 0.5) is 0 Å². The van der Waals surface area contributed by atoms with Crippen LogP contribution in [0.15, 0.2) is 30.5 Å². The Labute approximate surface area is 102 Å². The standard InChI is InChI=1S/C14H19NO2/c1-14(2,16)8-10-15-9-7-11-12(15)5-4-6-13(11)17-3/h4-7,9,16H,8,10H2,1-3H3. The third kappa shape index (κ3) is 2.61. The van der Waals surface area contributed by atoms with Gasteiger partial charge in [0.15, 0.2) is 0 Å². The number of benzene rings is 1. The Morgan fingerprint density at radius 2 is 2.06 bits per heavy atom. The molecule has 0 unspecified atom stereocenters. The molecule has 0 aliphatic heterocycles. The molecular weight excluding hydrogens is 214 g/mol. The van der Waals surface area contributed by atoms with Gasteiger partial charge in [-0.1, -0.05) is 6.07 Å². The maximum Gasteiger partial charge on any atom is 0.128 e. The first kappa shape index (κ1) is 12.0. The number of aliphatic hydroxyl groups is 1. The molecular formula is C14H19NO2.